The molecule has 1 amide bonds. The van der Waals surface area contributed by atoms with Crippen LogP contribution in [0.15, 0.2) is 59.5 Å². The highest BCUT2D eigenvalue weighted by atomic mass is 35.5. The number of alkyl halides is 1. The molecule has 0 saturated carbocycles. The van der Waals surface area contributed by atoms with E-state index >= 15 is 0 Å². The predicted molar refractivity (Wildman–Crippen MR) is 112 cm³/mol. The van der Waals surface area contributed by atoms with E-state index in [1.807, 2.05) is 44.2 Å². The number of carbonyl (C=O) groups is 1. The summed E-state index contributed by atoms with van der Waals surface area (Å²) in [5, 5.41) is 10.7. The fourth-order valence-corrected chi connectivity index (χ4v) is 5.33. The maximum atomic E-state index is 13.0. The third kappa shape index (κ3) is 4.48. The van der Waals surface area contributed by atoms with Gasteiger partial charge in [0.15, 0.2) is 0 Å². The predicted octanol–water partition coefficient (Wildman–Crippen LogP) is 2.56. The van der Waals surface area contributed by atoms with E-state index in [0.29, 0.717) is 0 Å². The van der Waals surface area contributed by atoms with Gasteiger partial charge in [-0.15, -0.1) is 11.6 Å². The number of rotatable bonds is 6. The first-order chi connectivity index (χ1) is 13.8. The fourth-order valence-electron chi connectivity index (χ4n) is 3.71. The Morgan fingerprint density at radius 1 is 1.17 bits per heavy atom. The minimum Gasteiger partial charge on any atom is -0.390 e. The summed E-state index contributed by atoms with van der Waals surface area (Å²) < 4.78 is 27.3. The smallest absolute Gasteiger partial charge is 0.243 e. The van der Waals surface area contributed by atoms with Gasteiger partial charge in [0, 0.05) is 13.1 Å². The van der Waals surface area contributed by atoms with Crippen molar-refractivity contribution in [3.05, 3.63) is 65.7 Å². The molecule has 1 aliphatic heterocycles. The Bertz CT molecular complexity index is 950. The van der Waals surface area contributed by atoms with E-state index < -0.39 is 22.2 Å². The number of aliphatic hydroxyl groups excluding tert-OH is 1. The number of amides is 1. The highest BCUT2D eigenvalue weighted by Crippen LogP contribution is 2.30. The summed E-state index contributed by atoms with van der Waals surface area (Å²) >= 11 is 5.84. The second-order valence-corrected chi connectivity index (χ2v) is 9.50. The molecule has 8 heteroatoms. The van der Waals surface area contributed by atoms with Crippen molar-refractivity contribution in [1.82, 2.24) is 9.21 Å². The van der Waals surface area contributed by atoms with Crippen molar-refractivity contribution < 1.29 is 18.3 Å². The van der Waals surface area contributed by atoms with Gasteiger partial charge in [-0.25, -0.2) is 8.42 Å². The maximum absolute atomic E-state index is 13.0. The molecule has 3 rings (SSSR count). The van der Waals surface area contributed by atoms with Crippen LogP contribution in [0.4, 0.5) is 0 Å². The lowest BCUT2D eigenvalue weighted by Crippen LogP contribution is -2.48. The highest BCUT2D eigenvalue weighted by Gasteiger charge is 2.44. The molecule has 1 aliphatic rings. The molecule has 3 atom stereocenters. The average Bonchev–Trinajstić information content (AvgIpc) is 3.11. The number of carbonyl (C=O) groups excluding carboxylic acids is 1. The topological polar surface area (TPSA) is 77.9 Å². The molecule has 6 nitrogen and oxygen atoms in total. The molecule has 0 aromatic heterocycles. The molecule has 156 valence electrons. The zero-order valence-electron chi connectivity index (χ0n) is 16.4. The van der Waals surface area contributed by atoms with Crippen molar-refractivity contribution in [1.29, 1.82) is 0 Å². The summed E-state index contributed by atoms with van der Waals surface area (Å²) in [6, 6.07) is 14.9. The lowest BCUT2D eigenvalue weighted by atomic mass is 10.0. The van der Waals surface area contributed by atoms with Crippen LogP contribution in [0.5, 0.6) is 0 Å². The SMILES string of the molecule is Cc1ccc(S(=O)(=O)N2CC(O)C(N(C(=O)CCl)C(C)c3ccccc3)C2)cc1. The summed E-state index contributed by atoms with van der Waals surface area (Å²) in [6.07, 6.45) is -1.01. The Hall–Kier alpha value is -1.93. The number of β-amino-alcohol motifs (C(OH)–C–C–N with tert-alkyl or cyclic N) is 1. The fraction of sp³-hybridized carbons (Fsp3) is 0.381. The number of hydrogen-bond acceptors (Lipinski definition) is 4. The molecule has 2 aromatic rings. The quantitative estimate of drug-likeness (QED) is 0.706. The third-order valence-corrected chi connectivity index (χ3v) is 7.42. The van der Waals surface area contributed by atoms with E-state index in [2.05, 4.69) is 0 Å². The van der Waals surface area contributed by atoms with E-state index in [9.17, 15) is 18.3 Å². The Morgan fingerprint density at radius 2 is 1.79 bits per heavy atom. The van der Waals surface area contributed by atoms with Gasteiger partial charge in [-0.3, -0.25) is 4.79 Å². The van der Waals surface area contributed by atoms with E-state index in [1.54, 1.807) is 24.3 Å². The number of nitrogens with zero attached hydrogens (tertiary/aromatic N) is 2. The Labute approximate surface area is 176 Å². The number of benzene rings is 2. The average molecular weight is 437 g/mol. The number of sulfonamides is 1. The van der Waals surface area contributed by atoms with E-state index in [4.69, 9.17) is 11.6 Å². The molecule has 0 radical (unpaired) electrons. The molecule has 1 heterocycles. The van der Waals surface area contributed by atoms with Gasteiger partial charge in [0.2, 0.25) is 15.9 Å². The molecule has 0 aliphatic carbocycles. The number of halogens is 1. The van der Waals surface area contributed by atoms with Crippen molar-refractivity contribution in [3.8, 4) is 0 Å². The van der Waals surface area contributed by atoms with Crippen molar-refractivity contribution in [3.63, 3.8) is 0 Å². The normalized spacial score (nSPS) is 21.1. The number of aryl methyl sites for hydroxylation is 1. The first-order valence-corrected chi connectivity index (χ1v) is 11.4. The Morgan fingerprint density at radius 3 is 2.38 bits per heavy atom. The summed E-state index contributed by atoms with van der Waals surface area (Å²) in [5.74, 6) is -0.591. The Balaban J connectivity index is 1.89. The van der Waals surface area contributed by atoms with Crippen LogP contribution in [0.1, 0.15) is 24.1 Å². The standard InChI is InChI=1S/C21H25ClN2O4S/c1-15-8-10-18(11-9-15)29(27,28)23-13-19(20(25)14-23)24(21(26)12-22)16(2)17-6-4-3-5-7-17/h3-11,16,19-20,25H,12-14H2,1-2H3. The van der Waals surface area contributed by atoms with Crippen molar-refractivity contribution >= 4 is 27.5 Å². The minimum atomic E-state index is -3.78. The first kappa shape index (κ1) is 21.8. The molecule has 1 fully saturated rings. The van der Waals surface area contributed by atoms with Gasteiger partial charge in [-0.2, -0.15) is 4.31 Å². The maximum Gasteiger partial charge on any atom is 0.243 e. The molecule has 0 spiro atoms. The van der Waals surface area contributed by atoms with Crippen LogP contribution in [0.25, 0.3) is 0 Å². The van der Waals surface area contributed by atoms with E-state index in [1.165, 1.54) is 9.21 Å². The second-order valence-electron chi connectivity index (χ2n) is 7.29. The van der Waals surface area contributed by atoms with Crippen molar-refractivity contribution in [2.45, 2.75) is 36.9 Å². The largest absolute Gasteiger partial charge is 0.390 e. The molecule has 2 aromatic carbocycles. The summed E-state index contributed by atoms with van der Waals surface area (Å²) in [5.41, 5.74) is 1.84. The monoisotopic (exact) mass is 436 g/mol. The second kappa shape index (κ2) is 8.83. The van der Waals surface area contributed by atoms with Gasteiger partial charge in [0.05, 0.1) is 23.1 Å². The molecule has 3 unspecified atom stereocenters. The lowest BCUT2D eigenvalue weighted by molar-refractivity contribution is -0.135. The lowest BCUT2D eigenvalue weighted by Gasteiger charge is -2.36. The van der Waals surface area contributed by atoms with Gasteiger partial charge in [0.25, 0.3) is 0 Å². The van der Waals surface area contributed by atoms with Crippen molar-refractivity contribution in [2.75, 3.05) is 19.0 Å². The van der Waals surface area contributed by atoms with Crippen LogP contribution < -0.4 is 0 Å². The molecule has 1 N–H and O–H groups in total. The summed E-state index contributed by atoms with van der Waals surface area (Å²) in [7, 11) is -3.78. The Kier molecular flexibility index (Phi) is 6.63. The van der Waals surface area contributed by atoms with E-state index in [0.717, 1.165) is 11.1 Å². The zero-order valence-corrected chi connectivity index (χ0v) is 18.0. The first-order valence-electron chi connectivity index (χ1n) is 9.42. The van der Waals surface area contributed by atoms with Gasteiger partial charge in [0.1, 0.15) is 5.88 Å². The molecule has 29 heavy (non-hydrogen) atoms. The number of hydrogen-bond donors (Lipinski definition) is 1. The molecule has 0 bridgehead atoms. The van der Waals surface area contributed by atoms with Gasteiger partial charge in [-0.05, 0) is 31.5 Å². The van der Waals surface area contributed by atoms with Gasteiger partial charge >= 0.3 is 0 Å². The highest BCUT2D eigenvalue weighted by molar-refractivity contribution is 7.89. The minimum absolute atomic E-state index is 0.0111. The summed E-state index contributed by atoms with van der Waals surface area (Å²) in [6.45, 7) is 3.67. The summed E-state index contributed by atoms with van der Waals surface area (Å²) in [4.78, 5) is 14.3. The zero-order chi connectivity index (χ0) is 21.2. The molecular formula is C21H25ClN2O4S. The number of aliphatic hydroxyl groups is 1. The van der Waals surface area contributed by atoms with E-state index in [-0.39, 0.29) is 35.8 Å². The van der Waals surface area contributed by atoms with Crippen molar-refractivity contribution in [2.24, 2.45) is 0 Å². The van der Waals surface area contributed by atoms with Crippen LogP contribution in [0.2, 0.25) is 0 Å². The van der Waals surface area contributed by atoms with Crippen LogP contribution in [-0.2, 0) is 14.8 Å². The third-order valence-electron chi connectivity index (χ3n) is 5.34. The molecule has 1 saturated heterocycles. The van der Waals surface area contributed by atoms with Crippen LogP contribution >= 0.6 is 11.6 Å². The van der Waals surface area contributed by atoms with Gasteiger partial charge in [-0.1, -0.05) is 48.0 Å². The van der Waals surface area contributed by atoms with Crippen LogP contribution in [0.3, 0.4) is 0 Å². The van der Waals surface area contributed by atoms with Crippen LogP contribution in [-0.4, -0.2) is 59.8 Å². The molecular weight excluding hydrogens is 412 g/mol. The van der Waals surface area contributed by atoms with Gasteiger partial charge < -0.3 is 10.0 Å². The van der Waals surface area contributed by atoms with Crippen LogP contribution in [0, 0.1) is 6.92 Å².